The van der Waals surface area contributed by atoms with Gasteiger partial charge in [0, 0.05) is 37.4 Å². The number of nitrogens with zero attached hydrogens (tertiary/aromatic N) is 1. The van der Waals surface area contributed by atoms with E-state index in [0.717, 1.165) is 31.6 Å². The monoisotopic (exact) mass is 238 g/mol. The second kappa shape index (κ2) is 4.26. The highest BCUT2D eigenvalue weighted by Gasteiger charge is 2.34. The van der Waals surface area contributed by atoms with Crippen molar-refractivity contribution in [2.24, 2.45) is 5.92 Å². The summed E-state index contributed by atoms with van der Waals surface area (Å²) in [5.41, 5.74) is 0.662. The van der Waals surface area contributed by atoms with Crippen LogP contribution in [-0.4, -0.2) is 25.7 Å². The molecule has 1 atom stereocenters. The minimum Gasteiger partial charge on any atom is -0.369 e. The number of anilines is 1. The Morgan fingerprint density at radius 3 is 2.47 bits per heavy atom. The van der Waals surface area contributed by atoms with Gasteiger partial charge in [0.15, 0.2) is 0 Å². The molecular weight excluding hydrogens is 222 g/mol. The van der Waals surface area contributed by atoms with Gasteiger partial charge in [0.05, 0.1) is 0 Å². The van der Waals surface area contributed by atoms with E-state index in [0.29, 0.717) is 11.7 Å². The maximum Gasteiger partial charge on any atom is 0.128 e. The maximum atomic E-state index is 13.2. The molecule has 4 heteroatoms. The van der Waals surface area contributed by atoms with E-state index in [1.807, 2.05) is 0 Å². The zero-order valence-electron chi connectivity index (χ0n) is 9.63. The second-order valence-corrected chi connectivity index (χ2v) is 4.97. The van der Waals surface area contributed by atoms with Gasteiger partial charge in [-0.05, 0) is 30.9 Å². The largest absolute Gasteiger partial charge is 0.369 e. The Kier molecular flexibility index (Phi) is 2.74. The lowest BCUT2D eigenvalue weighted by Gasteiger charge is -2.35. The molecule has 2 aliphatic rings. The minimum atomic E-state index is -0.499. The van der Waals surface area contributed by atoms with Crippen molar-refractivity contribution < 1.29 is 8.78 Å². The molecule has 0 amide bonds. The van der Waals surface area contributed by atoms with Crippen molar-refractivity contribution in [1.82, 2.24) is 5.32 Å². The Morgan fingerprint density at radius 1 is 1.12 bits per heavy atom. The molecule has 1 aliphatic carbocycles. The summed E-state index contributed by atoms with van der Waals surface area (Å²) >= 11 is 0. The third-order valence-corrected chi connectivity index (χ3v) is 3.61. The molecule has 2 fully saturated rings. The highest BCUT2D eigenvalue weighted by atomic mass is 19.1. The average molecular weight is 238 g/mol. The van der Waals surface area contributed by atoms with Gasteiger partial charge in [-0.3, -0.25) is 0 Å². The Morgan fingerprint density at radius 2 is 1.82 bits per heavy atom. The molecular formula is C13H16F2N2. The predicted octanol–water partition coefficient (Wildman–Crippen LogP) is 2.15. The van der Waals surface area contributed by atoms with Gasteiger partial charge in [-0.1, -0.05) is 0 Å². The smallest absolute Gasteiger partial charge is 0.128 e. The zero-order valence-corrected chi connectivity index (χ0v) is 9.63. The Balaban J connectivity index is 1.77. The molecule has 1 saturated heterocycles. The molecule has 1 saturated carbocycles. The van der Waals surface area contributed by atoms with Crippen molar-refractivity contribution in [2.75, 3.05) is 24.5 Å². The van der Waals surface area contributed by atoms with Crippen LogP contribution in [0.15, 0.2) is 18.2 Å². The van der Waals surface area contributed by atoms with E-state index in [9.17, 15) is 8.78 Å². The van der Waals surface area contributed by atoms with Crippen molar-refractivity contribution in [3.63, 3.8) is 0 Å². The molecule has 92 valence electrons. The molecule has 2 nitrogen and oxygen atoms in total. The second-order valence-electron chi connectivity index (χ2n) is 4.97. The molecule has 0 aromatic heterocycles. The number of piperazine rings is 1. The van der Waals surface area contributed by atoms with Crippen LogP contribution in [0, 0.1) is 17.6 Å². The number of nitrogens with one attached hydrogen (secondary N) is 1. The molecule has 3 rings (SSSR count). The molecule has 1 N–H and O–H groups in total. The molecule has 1 heterocycles. The molecule has 0 spiro atoms. The Labute approximate surface area is 99.6 Å². The number of hydrogen-bond acceptors (Lipinski definition) is 2. The van der Waals surface area contributed by atoms with Crippen LogP contribution < -0.4 is 10.2 Å². The van der Waals surface area contributed by atoms with Crippen molar-refractivity contribution in [3.8, 4) is 0 Å². The van der Waals surface area contributed by atoms with E-state index in [4.69, 9.17) is 0 Å². The summed E-state index contributed by atoms with van der Waals surface area (Å²) in [6.07, 6.45) is 2.56. The highest BCUT2D eigenvalue weighted by molar-refractivity contribution is 5.47. The first-order valence-electron chi connectivity index (χ1n) is 6.17. The van der Waals surface area contributed by atoms with Crippen LogP contribution in [0.2, 0.25) is 0 Å². The van der Waals surface area contributed by atoms with Crippen LogP contribution in [0.3, 0.4) is 0 Å². The van der Waals surface area contributed by atoms with Gasteiger partial charge in [-0.25, -0.2) is 8.78 Å². The third kappa shape index (κ3) is 2.41. The summed E-state index contributed by atoms with van der Waals surface area (Å²) in [5, 5.41) is 3.48. The summed E-state index contributed by atoms with van der Waals surface area (Å²) < 4.78 is 26.3. The standard InChI is InChI=1S/C13H16F2N2/c14-10-5-11(15)7-12(6-10)17-4-3-16-13(8-17)9-1-2-9/h5-7,9,13,16H,1-4,8H2. The summed E-state index contributed by atoms with van der Waals surface area (Å²) in [6.45, 7) is 2.55. The summed E-state index contributed by atoms with van der Waals surface area (Å²) in [5.74, 6) is -0.237. The van der Waals surface area contributed by atoms with Gasteiger partial charge in [0.2, 0.25) is 0 Å². The first-order valence-corrected chi connectivity index (χ1v) is 6.17. The Hall–Kier alpha value is -1.16. The lowest BCUT2D eigenvalue weighted by atomic mass is 10.1. The number of halogens is 2. The summed E-state index contributed by atoms with van der Waals surface area (Å²) in [6, 6.07) is 4.23. The van der Waals surface area contributed by atoms with E-state index in [1.165, 1.54) is 25.0 Å². The molecule has 1 unspecified atom stereocenters. The fourth-order valence-electron chi connectivity index (χ4n) is 2.55. The quantitative estimate of drug-likeness (QED) is 0.849. The first-order chi connectivity index (χ1) is 8.22. The van der Waals surface area contributed by atoms with Crippen LogP contribution >= 0.6 is 0 Å². The van der Waals surface area contributed by atoms with Crippen molar-refractivity contribution in [3.05, 3.63) is 29.8 Å². The molecule has 1 aromatic carbocycles. The third-order valence-electron chi connectivity index (χ3n) is 3.61. The lowest BCUT2D eigenvalue weighted by molar-refractivity contribution is 0.418. The van der Waals surface area contributed by atoms with Gasteiger partial charge in [0.1, 0.15) is 11.6 Å². The molecule has 17 heavy (non-hydrogen) atoms. The van der Waals surface area contributed by atoms with E-state index in [1.54, 1.807) is 0 Å². The molecule has 0 bridgehead atoms. The van der Waals surface area contributed by atoms with Crippen molar-refractivity contribution in [1.29, 1.82) is 0 Å². The number of rotatable bonds is 2. The van der Waals surface area contributed by atoms with Gasteiger partial charge < -0.3 is 10.2 Å². The van der Waals surface area contributed by atoms with Gasteiger partial charge in [0.25, 0.3) is 0 Å². The lowest BCUT2D eigenvalue weighted by Crippen LogP contribution is -2.51. The van der Waals surface area contributed by atoms with E-state index < -0.39 is 11.6 Å². The van der Waals surface area contributed by atoms with E-state index >= 15 is 0 Å². The maximum absolute atomic E-state index is 13.2. The number of hydrogen-bond donors (Lipinski definition) is 1. The highest BCUT2D eigenvalue weighted by Crippen LogP contribution is 2.34. The topological polar surface area (TPSA) is 15.3 Å². The Bertz CT molecular complexity index is 398. The van der Waals surface area contributed by atoms with Crippen LogP contribution in [0.1, 0.15) is 12.8 Å². The minimum absolute atomic E-state index is 0.482. The zero-order chi connectivity index (χ0) is 11.8. The fourth-order valence-corrected chi connectivity index (χ4v) is 2.55. The van der Waals surface area contributed by atoms with Crippen LogP contribution in [0.5, 0.6) is 0 Å². The summed E-state index contributed by atoms with van der Waals surface area (Å²) in [7, 11) is 0. The normalized spacial score (nSPS) is 25.1. The van der Waals surface area contributed by atoms with Crippen molar-refractivity contribution in [2.45, 2.75) is 18.9 Å². The predicted molar refractivity (Wildman–Crippen MR) is 63.1 cm³/mol. The molecule has 1 aliphatic heterocycles. The molecule has 1 aromatic rings. The average Bonchev–Trinajstić information content (AvgIpc) is 3.12. The van der Waals surface area contributed by atoms with Crippen LogP contribution in [-0.2, 0) is 0 Å². The molecule has 0 radical (unpaired) electrons. The SMILES string of the molecule is Fc1cc(F)cc(N2CCNC(C3CC3)C2)c1. The number of benzene rings is 1. The van der Waals surface area contributed by atoms with Crippen molar-refractivity contribution >= 4 is 5.69 Å². The van der Waals surface area contributed by atoms with E-state index in [2.05, 4.69) is 10.2 Å². The van der Waals surface area contributed by atoms with Crippen LogP contribution in [0.4, 0.5) is 14.5 Å². The van der Waals surface area contributed by atoms with E-state index in [-0.39, 0.29) is 0 Å². The summed E-state index contributed by atoms with van der Waals surface area (Å²) in [4.78, 5) is 2.08. The fraction of sp³-hybridized carbons (Fsp3) is 0.538. The van der Waals surface area contributed by atoms with Gasteiger partial charge >= 0.3 is 0 Å². The van der Waals surface area contributed by atoms with Gasteiger partial charge in [-0.2, -0.15) is 0 Å². The van der Waals surface area contributed by atoms with Crippen LogP contribution in [0.25, 0.3) is 0 Å². The first kappa shape index (κ1) is 11.0. The van der Waals surface area contributed by atoms with Gasteiger partial charge in [-0.15, -0.1) is 0 Å².